The van der Waals surface area contributed by atoms with Crippen molar-refractivity contribution in [2.45, 2.75) is 13.8 Å². The molecule has 204 valence electrons. The molecule has 0 aliphatic rings. The van der Waals surface area contributed by atoms with Crippen molar-refractivity contribution in [1.29, 1.82) is 0 Å². The molecule has 0 saturated heterocycles. The van der Waals surface area contributed by atoms with Crippen LogP contribution in [0.2, 0.25) is 0 Å². The van der Waals surface area contributed by atoms with E-state index in [0.717, 1.165) is 11.1 Å². The summed E-state index contributed by atoms with van der Waals surface area (Å²) >= 11 is 0. The first-order valence-electron chi connectivity index (χ1n) is 12.7. The van der Waals surface area contributed by atoms with Gasteiger partial charge in [0.15, 0.2) is 17.3 Å². The molecule has 0 bridgehead atoms. The summed E-state index contributed by atoms with van der Waals surface area (Å²) in [6.07, 6.45) is 1.50. The zero-order valence-electron chi connectivity index (χ0n) is 22.2. The molecule has 0 N–H and O–H groups in total. The van der Waals surface area contributed by atoms with E-state index in [1.807, 2.05) is 37.3 Å². The van der Waals surface area contributed by atoms with Crippen molar-refractivity contribution < 1.29 is 19.2 Å². The van der Waals surface area contributed by atoms with Gasteiger partial charge in [-0.3, -0.25) is 14.9 Å². The first kappa shape index (κ1) is 26.9. The van der Waals surface area contributed by atoms with E-state index in [2.05, 4.69) is 5.10 Å². The topological polar surface area (TPSA) is 126 Å². The maximum absolute atomic E-state index is 13.4. The van der Waals surface area contributed by atoms with Crippen LogP contribution in [0.1, 0.15) is 28.4 Å². The molecule has 0 atom stereocenters. The fourth-order valence-corrected chi connectivity index (χ4v) is 4.08. The van der Waals surface area contributed by atoms with Crippen molar-refractivity contribution in [2.75, 3.05) is 6.61 Å². The summed E-state index contributed by atoms with van der Waals surface area (Å²) in [5, 5.41) is 15.8. The molecule has 0 amide bonds. The SMILES string of the molecule is CCOc1cc(C=Nn2c(-c3ccc(C)cc3)nc3ccccc3c2=O)ccc1OC(=O)c1ccc([N+](=O)[O-])cc1. The van der Waals surface area contributed by atoms with Gasteiger partial charge in [-0.2, -0.15) is 9.78 Å². The number of nitro groups is 1. The third kappa shape index (κ3) is 5.86. The van der Waals surface area contributed by atoms with Crippen LogP contribution in [-0.2, 0) is 0 Å². The van der Waals surface area contributed by atoms with Gasteiger partial charge in [-0.15, -0.1) is 0 Å². The minimum atomic E-state index is -0.696. The minimum Gasteiger partial charge on any atom is -0.490 e. The molecule has 0 saturated carbocycles. The van der Waals surface area contributed by atoms with Crippen molar-refractivity contribution >= 4 is 28.8 Å². The predicted molar refractivity (Wildman–Crippen MR) is 155 cm³/mol. The molecular weight excluding hydrogens is 524 g/mol. The van der Waals surface area contributed by atoms with Gasteiger partial charge in [-0.05, 0) is 61.9 Å². The third-order valence-electron chi connectivity index (χ3n) is 6.17. The maximum Gasteiger partial charge on any atom is 0.343 e. The fourth-order valence-electron chi connectivity index (χ4n) is 4.08. The predicted octanol–water partition coefficient (Wildman–Crippen LogP) is 5.78. The van der Waals surface area contributed by atoms with Crippen molar-refractivity contribution in [3.63, 3.8) is 0 Å². The molecule has 10 heteroatoms. The Bertz CT molecular complexity index is 1840. The van der Waals surface area contributed by atoms with Crippen LogP contribution < -0.4 is 15.0 Å². The van der Waals surface area contributed by atoms with Crippen LogP contribution in [0.3, 0.4) is 0 Å². The summed E-state index contributed by atoms with van der Waals surface area (Å²) in [6.45, 7) is 4.07. The highest BCUT2D eigenvalue weighted by Gasteiger charge is 2.16. The van der Waals surface area contributed by atoms with Gasteiger partial charge in [-0.25, -0.2) is 9.78 Å². The van der Waals surface area contributed by atoms with Crippen molar-refractivity contribution in [1.82, 2.24) is 9.66 Å². The second-order valence-corrected chi connectivity index (χ2v) is 9.01. The minimum absolute atomic E-state index is 0.133. The molecule has 5 aromatic rings. The Balaban J connectivity index is 1.48. The molecule has 0 unspecified atom stereocenters. The molecule has 1 aromatic heterocycles. The molecule has 5 rings (SSSR count). The largest absolute Gasteiger partial charge is 0.490 e. The zero-order chi connectivity index (χ0) is 28.9. The van der Waals surface area contributed by atoms with E-state index in [1.165, 1.54) is 35.2 Å². The highest BCUT2D eigenvalue weighted by atomic mass is 16.6. The van der Waals surface area contributed by atoms with E-state index < -0.39 is 10.9 Å². The molecule has 0 aliphatic carbocycles. The third-order valence-corrected chi connectivity index (χ3v) is 6.17. The average Bonchev–Trinajstić information content (AvgIpc) is 2.98. The van der Waals surface area contributed by atoms with E-state index in [4.69, 9.17) is 14.5 Å². The monoisotopic (exact) mass is 548 g/mol. The summed E-state index contributed by atoms with van der Waals surface area (Å²) in [5.41, 5.74) is 2.66. The summed E-state index contributed by atoms with van der Waals surface area (Å²) < 4.78 is 12.5. The first-order chi connectivity index (χ1) is 19.8. The van der Waals surface area contributed by atoms with E-state index in [-0.39, 0.29) is 28.3 Å². The number of esters is 1. The Kier molecular flexibility index (Phi) is 7.64. The lowest BCUT2D eigenvalue weighted by molar-refractivity contribution is -0.384. The lowest BCUT2D eigenvalue weighted by Crippen LogP contribution is -2.20. The average molecular weight is 549 g/mol. The van der Waals surface area contributed by atoms with Crippen LogP contribution in [0.4, 0.5) is 5.69 Å². The Morgan fingerprint density at radius 3 is 2.44 bits per heavy atom. The second kappa shape index (κ2) is 11.6. The van der Waals surface area contributed by atoms with Gasteiger partial charge in [0.2, 0.25) is 0 Å². The Morgan fingerprint density at radius 2 is 1.73 bits per heavy atom. The van der Waals surface area contributed by atoms with Crippen molar-refractivity contribution in [2.24, 2.45) is 5.10 Å². The number of nitro benzene ring substituents is 1. The number of carbonyl (C=O) groups is 1. The highest BCUT2D eigenvalue weighted by molar-refractivity contribution is 5.92. The summed E-state index contributed by atoms with van der Waals surface area (Å²) in [6, 6.07) is 24.7. The van der Waals surface area contributed by atoms with Crippen LogP contribution in [0.15, 0.2) is 101 Å². The number of ether oxygens (including phenoxy) is 2. The molecule has 1 heterocycles. The van der Waals surface area contributed by atoms with Crippen LogP contribution in [0.25, 0.3) is 22.3 Å². The van der Waals surface area contributed by atoms with Gasteiger partial charge in [0.05, 0.1) is 34.2 Å². The van der Waals surface area contributed by atoms with Gasteiger partial charge in [0.1, 0.15) is 0 Å². The number of non-ortho nitro benzene ring substituents is 1. The molecule has 0 radical (unpaired) electrons. The number of aromatic nitrogens is 2. The summed E-state index contributed by atoms with van der Waals surface area (Å²) in [5.74, 6) is 0.147. The number of aryl methyl sites for hydroxylation is 1. The molecular formula is C31H24N4O6. The van der Waals surface area contributed by atoms with Gasteiger partial charge >= 0.3 is 5.97 Å². The molecule has 0 spiro atoms. The molecule has 0 fully saturated rings. The van der Waals surface area contributed by atoms with E-state index in [1.54, 1.807) is 43.3 Å². The van der Waals surface area contributed by atoms with Gasteiger partial charge < -0.3 is 9.47 Å². The van der Waals surface area contributed by atoms with Gasteiger partial charge in [0.25, 0.3) is 11.2 Å². The molecule has 10 nitrogen and oxygen atoms in total. The second-order valence-electron chi connectivity index (χ2n) is 9.01. The number of carbonyl (C=O) groups excluding carboxylic acids is 1. The number of hydrogen-bond acceptors (Lipinski definition) is 8. The van der Waals surface area contributed by atoms with E-state index in [0.29, 0.717) is 28.9 Å². The van der Waals surface area contributed by atoms with Crippen molar-refractivity contribution in [3.8, 4) is 22.9 Å². The lowest BCUT2D eigenvalue weighted by atomic mass is 10.1. The number of rotatable bonds is 8. The quantitative estimate of drug-likeness (QED) is 0.0791. The smallest absolute Gasteiger partial charge is 0.343 e. The van der Waals surface area contributed by atoms with Crippen LogP contribution in [-0.4, -0.2) is 33.4 Å². The standard InChI is InChI=1S/C31H24N4O6/c1-3-40-28-18-21(10-17-27(28)41-31(37)23-13-15-24(16-14-23)35(38)39)19-32-34-29(22-11-8-20(2)9-12-22)33-26-7-5-4-6-25(26)30(34)36/h4-19H,3H2,1-2H3. The maximum atomic E-state index is 13.4. The molecule has 0 aliphatic heterocycles. The van der Waals surface area contributed by atoms with Crippen molar-refractivity contribution in [3.05, 3.63) is 128 Å². The Labute approximate surface area is 234 Å². The number of nitrogens with zero attached hydrogens (tertiary/aromatic N) is 4. The Morgan fingerprint density at radius 1 is 1.00 bits per heavy atom. The summed E-state index contributed by atoms with van der Waals surface area (Å²) in [4.78, 5) is 41.2. The number of hydrogen-bond donors (Lipinski definition) is 0. The lowest BCUT2D eigenvalue weighted by Gasteiger charge is -2.12. The highest BCUT2D eigenvalue weighted by Crippen LogP contribution is 2.29. The van der Waals surface area contributed by atoms with Crippen LogP contribution in [0, 0.1) is 17.0 Å². The number of benzene rings is 4. The Hall–Kier alpha value is -5.64. The summed E-state index contributed by atoms with van der Waals surface area (Å²) in [7, 11) is 0. The molecule has 41 heavy (non-hydrogen) atoms. The van der Waals surface area contributed by atoms with Gasteiger partial charge in [-0.1, -0.05) is 42.0 Å². The zero-order valence-corrected chi connectivity index (χ0v) is 22.2. The number of para-hydroxylation sites is 1. The molecule has 4 aromatic carbocycles. The van der Waals surface area contributed by atoms with Crippen LogP contribution in [0.5, 0.6) is 11.5 Å². The first-order valence-corrected chi connectivity index (χ1v) is 12.7. The van der Waals surface area contributed by atoms with Crippen LogP contribution >= 0.6 is 0 Å². The van der Waals surface area contributed by atoms with E-state index in [9.17, 15) is 19.7 Å². The normalized spacial score (nSPS) is 11.1. The van der Waals surface area contributed by atoms with Gasteiger partial charge in [0, 0.05) is 17.7 Å². The van der Waals surface area contributed by atoms with E-state index >= 15 is 0 Å². The number of fused-ring (bicyclic) bond motifs is 1. The fraction of sp³-hybridized carbons (Fsp3) is 0.0968.